The first-order valence-corrected chi connectivity index (χ1v) is 7.64. The number of aryl methyl sites for hydroxylation is 1. The van der Waals surface area contributed by atoms with Crippen LogP contribution in [0.4, 0.5) is 0 Å². The van der Waals surface area contributed by atoms with Gasteiger partial charge in [-0.05, 0) is 41.7 Å². The number of halogens is 2. The first kappa shape index (κ1) is 15.4. The molecular weight excluding hydrogens is 289 g/mol. The molecule has 2 aromatic rings. The molecule has 0 aromatic heterocycles. The zero-order valence-electron chi connectivity index (χ0n) is 11.6. The lowest BCUT2D eigenvalue weighted by molar-refractivity contribution is 0.719. The highest BCUT2D eigenvalue weighted by Gasteiger charge is 2.09. The van der Waals surface area contributed by atoms with Gasteiger partial charge in [-0.15, -0.1) is 0 Å². The van der Waals surface area contributed by atoms with Crippen LogP contribution in [0, 0.1) is 0 Å². The Bertz CT molecular complexity index is 581. The molecule has 0 aliphatic rings. The Kier molecular flexibility index (Phi) is 5.47. The molecule has 0 fully saturated rings. The number of hydrogen-bond acceptors (Lipinski definition) is 1. The zero-order valence-corrected chi connectivity index (χ0v) is 13.1. The van der Waals surface area contributed by atoms with Gasteiger partial charge in [-0.1, -0.05) is 66.9 Å². The van der Waals surface area contributed by atoms with Gasteiger partial charge < -0.3 is 5.73 Å². The van der Waals surface area contributed by atoms with E-state index >= 15 is 0 Å². The van der Waals surface area contributed by atoms with Crippen LogP contribution in [0.2, 0.25) is 10.0 Å². The van der Waals surface area contributed by atoms with Crippen molar-refractivity contribution in [1.29, 1.82) is 0 Å². The second kappa shape index (κ2) is 7.12. The van der Waals surface area contributed by atoms with E-state index in [1.54, 1.807) is 0 Å². The molecule has 0 spiro atoms. The van der Waals surface area contributed by atoms with Gasteiger partial charge in [-0.2, -0.15) is 0 Å². The Balaban J connectivity index is 2.12. The summed E-state index contributed by atoms with van der Waals surface area (Å²) in [4.78, 5) is 0. The molecule has 0 heterocycles. The topological polar surface area (TPSA) is 26.0 Å². The summed E-state index contributed by atoms with van der Waals surface area (Å²) in [5, 5.41) is 1.16. The van der Waals surface area contributed by atoms with E-state index in [1.165, 1.54) is 11.1 Å². The summed E-state index contributed by atoms with van der Waals surface area (Å²) in [6.45, 7) is 2.18. The van der Waals surface area contributed by atoms with Crippen LogP contribution < -0.4 is 5.73 Å². The van der Waals surface area contributed by atoms with Crippen LogP contribution in [0.25, 0.3) is 0 Å². The Hall–Kier alpha value is -1.02. The largest absolute Gasteiger partial charge is 0.324 e. The number of benzene rings is 2. The van der Waals surface area contributed by atoms with E-state index < -0.39 is 0 Å². The summed E-state index contributed by atoms with van der Waals surface area (Å²) in [7, 11) is 0. The predicted molar refractivity (Wildman–Crippen MR) is 87.5 cm³/mol. The van der Waals surface area contributed by atoms with Crippen LogP contribution in [-0.2, 0) is 12.8 Å². The summed E-state index contributed by atoms with van der Waals surface area (Å²) in [6.07, 6.45) is 2.99. The summed E-state index contributed by atoms with van der Waals surface area (Å²) in [5.41, 5.74) is 9.92. The highest BCUT2D eigenvalue weighted by Crippen LogP contribution is 2.25. The minimum Gasteiger partial charge on any atom is -0.324 e. The second-order valence-electron chi connectivity index (χ2n) is 5.05. The molecule has 106 valence electrons. The lowest BCUT2D eigenvalue weighted by atomic mass is 9.97. The van der Waals surface area contributed by atoms with Gasteiger partial charge in [-0.25, -0.2) is 0 Å². The van der Waals surface area contributed by atoms with E-state index in [4.69, 9.17) is 28.9 Å². The molecule has 0 amide bonds. The van der Waals surface area contributed by atoms with Gasteiger partial charge >= 0.3 is 0 Å². The monoisotopic (exact) mass is 307 g/mol. The van der Waals surface area contributed by atoms with Crippen molar-refractivity contribution in [1.82, 2.24) is 0 Å². The highest BCUT2D eigenvalue weighted by molar-refractivity contribution is 6.42. The van der Waals surface area contributed by atoms with Crippen molar-refractivity contribution in [2.45, 2.75) is 32.2 Å². The van der Waals surface area contributed by atoms with E-state index in [9.17, 15) is 0 Å². The maximum Gasteiger partial charge on any atom is 0.0595 e. The van der Waals surface area contributed by atoms with Crippen LogP contribution in [0.3, 0.4) is 0 Å². The van der Waals surface area contributed by atoms with Crippen molar-refractivity contribution in [2.75, 3.05) is 0 Å². The van der Waals surface area contributed by atoms with Crippen molar-refractivity contribution in [3.63, 3.8) is 0 Å². The van der Waals surface area contributed by atoms with Gasteiger partial charge in [0.2, 0.25) is 0 Å². The Morgan fingerprint density at radius 1 is 1.00 bits per heavy atom. The minimum atomic E-state index is -0.0240. The van der Waals surface area contributed by atoms with Crippen molar-refractivity contribution in [2.24, 2.45) is 5.73 Å². The van der Waals surface area contributed by atoms with Gasteiger partial charge in [0.15, 0.2) is 0 Å². The third-order valence-electron chi connectivity index (χ3n) is 3.36. The molecule has 1 nitrogen and oxygen atoms in total. The van der Waals surface area contributed by atoms with Crippen LogP contribution >= 0.6 is 23.2 Å². The molecule has 0 saturated heterocycles. The zero-order chi connectivity index (χ0) is 14.5. The molecule has 0 radical (unpaired) electrons. The van der Waals surface area contributed by atoms with Crippen LogP contribution in [0.1, 0.15) is 36.1 Å². The first-order valence-electron chi connectivity index (χ1n) is 6.88. The normalized spacial score (nSPS) is 12.4. The Morgan fingerprint density at radius 2 is 1.80 bits per heavy atom. The van der Waals surface area contributed by atoms with Gasteiger partial charge in [0.05, 0.1) is 10.0 Å². The number of nitrogens with two attached hydrogens (primary N) is 1. The maximum absolute atomic E-state index is 6.30. The van der Waals surface area contributed by atoms with Crippen molar-refractivity contribution >= 4 is 23.2 Å². The van der Waals surface area contributed by atoms with E-state index in [0.29, 0.717) is 10.0 Å². The smallest absolute Gasteiger partial charge is 0.0595 e. The molecule has 0 bridgehead atoms. The molecular formula is C17H19Cl2N. The lowest BCUT2D eigenvalue weighted by Gasteiger charge is -2.14. The average molecular weight is 308 g/mol. The van der Waals surface area contributed by atoms with E-state index in [0.717, 1.165) is 24.8 Å². The van der Waals surface area contributed by atoms with Crippen molar-refractivity contribution in [3.8, 4) is 0 Å². The quantitative estimate of drug-likeness (QED) is 0.808. The fourth-order valence-corrected chi connectivity index (χ4v) is 2.63. The second-order valence-corrected chi connectivity index (χ2v) is 5.87. The fourth-order valence-electron chi connectivity index (χ4n) is 2.31. The maximum atomic E-state index is 6.30. The molecule has 2 aromatic carbocycles. The van der Waals surface area contributed by atoms with Crippen LogP contribution in [0.5, 0.6) is 0 Å². The lowest BCUT2D eigenvalue weighted by Crippen LogP contribution is -2.13. The number of hydrogen-bond donors (Lipinski definition) is 1. The van der Waals surface area contributed by atoms with Gasteiger partial charge in [-0.3, -0.25) is 0 Å². The first-order chi connectivity index (χ1) is 9.60. The van der Waals surface area contributed by atoms with Crippen molar-refractivity contribution in [3.05, 3.63) is 69.2 Å². The summed E-state index contributed by atoms with van der Waals surface area (Å²) in [5.74, 6) is 0. The van der Waals surface area contributed by atoms with Gasteiger partial charge in [0.1, 0.15) is 0 Å². The molecule has 0 saturated carbocycles. The standard InChI is InChI=1S/C17H19Cl2N/c1-2-4-12-5-3-6-14(9-12)17(20)11-13-7-8-15(18)16(19)10-13/h3,5-10,17H,2,4,11,20H2,1H3. The summed E-state index contributed by atoms with van der Waals surface area (Å²) in [6, 6.07) is 14.2. The summed E-state index contributed by atoms with van der Waals surface area (Å²) < 4.78 is 0. The highest BCUT2D eigenvalue weighted by atomic mass is 35.5. The van der Waals surface area contributed by atoms with Crippen LogP contribution in [-0.4, -0.2) is 0 Å². The molecule has 1 atom stereocenters. The van der Waals surface area contributed by atoms with Crippen LogP contribution in [0.15, 0.2) is 42.5 Å². The molecule has 20 heavy (non-hydrogen) atoms. The molecule has 0 aliphatic carbocycles. The SMILES string of the molecule is CCCc1cccc(C(N)Cc2ccc(Cl)c(Cl)c2)c1. The van der Waals surface area contributed by atoms with E-state index in [1.807, 2.05) is 18.2 Å². The molecule has 2 N–H and O–H groups in total. The fraction of sp³-hybridized carbons (Fsp3) is 0.294. The average Bonchev–Trinajstić information content (AvgIpc) is 2.43. The molecule has 3 heteroatoms. The number of rotatable bonds is 5. The van der Waals surface area contributed by atoms with E-state index in [2.05, 4.69) is 31.2 Å². The van der Waals surface area contributed by atoms with Gasteiger partial charge in [0.25, 0.3) is 0 Å². The van der Waals surface area contributed by atoms with E-state index in [-0.39, 0.29) is 6.04 Å². The molecule has 2 rings (SSSR count). The predicted octanol–water partition coefficient (Wildman–Crippen LogP) is 5.19. The third-order valence-corrected chi connectivity index (χ3v) is 4.10. The third kappa shape index (κ3) is 3.99. The molecule has 0 aliphatic heterocycles. The summed E-state index contributed by atoms with van der Waals surface area (Å²) >= 11 is 12.0. The Labute approximate surface area is 130 Å². The Morgan fingerprint density at radius 3 is 2.50 bits per heavy atom. The van der Waals surface area contributed by atoms with Gasteiger partial charge in [0, 0.05) is 6.04 Å². The molecule has 1 unspecified atom stereocenters. The van der Waals surface area contributed by atoms with Crippen molar-refractivity contribution < 1.29 is 0 Å². The minimum absolute atomic E-state index is 0.0240.